The zero-order valence-corrected chi connectivity index (χ0v) is 13.6. The first-order valence-electron chi connectivity index (χ1n) is 8.03. The number of rotatable bonds is 4. The summed E-state index contributed by atoms with van der Waals surface area (Å²) in [7, 11) is 0. The highest BCUT2D eigenvalue weighted by Gasteiger charge is 2.16. The largest absolute Gasteiger partial charge is 0.376 e. The first-order chi connectivity index (χ1) is 11.0. The standard InChI is InChI=1S/C18H22N2O3/c1-12-8-13(2)18-15(9-12)20(6-5-16(18)21)11-17(22)19-10-14-4-3-7-23-14/h5-6,8-9,14H,3-4,7,10-11H2,1-2H3,(H,19,22). The van der Waals surface area contributed by atoms with Crippen LogP contribution >= 0.6 is 0 Å². The number of benzene rings is 1. The van der Waals surface area contributed by atoms with E-state index in [1.54, 1.807) is 6.20 Å². The third-order valence-corrected chi connectivity index (χ3v) is 4.29. The lowest BCUT2D eigenvalue weighted by atomic mass is 10.1. The van der Waals surface area contributed by atoms with Crippen molar-refractivity contribution in [3.8, 4) is 0 Å². The summed E-state index contributed by atoms with van der Waals surface area (Å²) in [5, 5.41) is 3.60. The smallest absolute Gasteiger partial charge is 0.240 e. The van der Waals surface area contributed by atoms with E-state index < -0.39 is 0 Å². The maximum Gasteiger partial charge on any atom is 0.240 e. The summed E-state index contributed by atoms with van der Waals surface area (Å²) in [6.07, 6.45) is 3.88. The summed E-state index contributed by atoms with van der Waals surface area (Å²) >= 11 is 0. The third-order valence-electron chi connectivity index (χ3n) is 4.29. The minimum atomic E-state index is -0.0652. The molecule has 0 spiro atoms. The molecule has 122 valence electrons. The Morgan fingerprint density at radius 3 is 2.96 bits per heavy atom. The molecule has 0 bridgehead atoms. The average Bonchev–Trinajstić information content (AvgIpc) is 3.01. The molecule has 2 heterocycles. The molecule has 3 rings (SSSR count). The van der Waals surface area contributed by atoms with E-state index in [1.165, 1.54) is 6.07 Å². The van der Waals surface area contributed by atoms with Gasteiger partial charge in [0.25, 0.3) is 0 Å². The van der Waals surface area contributed by atoms with E-state index in [2.05, 4.69) is 5.32 Å². The molecule has 1 N–H and O–H groups in total. The quantitative estimate of drug-likeness (QED) is 0.938. The second-order valence-electron chi connectivity index (χ2n) is 6.22. The van der Waals surface area contributed by atoms with Crippen LogP contribution in [0.25, 0.3) is 10.9 Å². The van der Waals surface area contributed by atoms with Crippen molar-refractivity contribution in [3.05, 3.63) is 45.7 Å². The molecule has 1 saturated heterocycles. The predicted octanol–water partition coefficient (Wildman–Crippen LogP) is 1.91. The maximum absolute atomic E-state index is 12.2. The highest BCUT2D eigenvalue weighted by Crippen LogP contribution is 2.17. The molecule has 1 aliphatic rings. The van der Waals surface area contributed by atoms with Gasteiger partial charge in [-0.2, -0.15) is 0 Å². The fourth-order valence-corrected chi connectivity index (χ4v) is 3.20. The van der Waals surface area contributed by atoms with E-state index in [-0.39, 0.29) is 24.0 Å². The number of fused-ring (bicyclic) bond motifs is 1. The van der Waals surface area contributed by atoms with Gasteiger partial charge in [0.2, 0.25) is 5.91 Å². The number of nitrogens with one attached hydrogen (secondary N) is 1. The van der Waals surface area contributed by atoms with Crippen molar-refractivity contribution in [2.24, 2.45) is 0 Å². The molecular weight excluding hydrogens is 292 g/mol. The molecule has 1 aromatic heterocycles. The predicted molar refractivity (Wildman–Crippen MR) is 89.7 cm³/mol. The lowest BCUT2D eigenvalue weighted by Gasteiger charge is -2.14. The molecule has 0 radical (unpaired) electrons. The van der Waals surface area contributed by atoms with E-state index in [0.717, 1.165) is 36.1 Å². The maximum atomic E-state index is 12.2. The molecule has 0 saturated carbocycles. The molecule has 1 aromatic carbocycles. The Balaban J connectivity index is 1.81. The molecule has 23 heavy (non-hydrogen) atoms. The monoisotopic (exact) mass is 314 g/mol. The van der Waals surface area contributed by atoms with Crippen LogP contribution in [0.2, 0.25) is 0 Å². The summed E-state index contributed by atoms with van der Waals surface area (Å²) in [5.41, 5.74) is 2.82. The van der Waals surface area contributed by atoms with Gasteiger partial charge in [0.05, 0.1) is 11.6 Å². The van der Waals surface area contributed by atoms with Gasteiger partial charge in [-0.3, -0.25) is 9.59 Å². The molecule has 1 amide bonds. The summed E-state index contributed by atoms with van der Waals surface area (Å²) in [4.78, 5) is 24.3. The van der Waals surface area contributed by atoms with Crippen molar-refractivity contribution in [2.45, 2.75) is 39.3 Å². The number of amides is 1. The number of hydrogen-bond donors (Lipinski definition) is 1. The zero-order valence-electron chi connectivity index (χ0n) is 13.6. The van der Waals surface area contributed by atoms with Gasteiger partial charge in [-0.25, -0.2) is 0 Å². The number of hydrogen-bond acceptors (Lipinski definition) is 3. The van der Waals surface area contributed by atoms with Gasteiger partial charge in [-0.15, -0.1) is 0 Å². The van der Waals surface area contributed by atoms with Crippen LogP contribution in [0.5, 0.6) is 0 Å². The van der Waals surface area contributed by atoms with Crippen LogP contribution in [0.1, 0.15) is 24.0 Å². The SMILES string of the molecule is Cc1cc(C)c2c(=O)ccn(CC(=O)NCC3CCCO3)c2c1. The molecule has 5 heteroatoms. The highest BCUT2D eigenvalue weighted by atomic mass is 16.5. The van der Waals surface area contributed by atoms with Crippen LogP contribution < -0.4 is 10.7 Å². The van der Waals surface area contributed by atoms with Gasteiger partial charge in [0.1, 0.15) is 6.54 Å². The molecule has 5 nitrogen and oxygen atoms in total. The van der Waals surface area contributed by atoms with Crippen LogP contribution in [0.4, 0.5) is 0 Å². The number of pyridine rings is 1. The number of aryl methyl sites for hydroxylation is 2. The number of carbonyl (C=O) groups is 1. The molecule has 0 aliphatic carbocycles. The molecule has 2 aromatic rings. The Hall–Kier alpha value is -2.14. The van der Waals surface area contributed by atoms with E-state index >= 15 is 0 Å². The van der Waals surface area contributed by atoms with Crippen LogP contribution in [-0.4, -0.2) is 29.7 Å². The van der Waals surface area contributed by atoms with Crippen LogP contribution in [0, 0.1) is 13.8 Å². The molecule has 1 aliphatic heterocycles. The van der Waals surface area contributed by atoms with Gasteiger partial charge >= 0.3 is 0 Å². The van der Waals surface area contributed by atoms with E-state index in [0.29, 0.717) is 11.9 Å². The fraction of sp³-hybridized carbons (Fsp3) is 0.444. The zero-order chi connectivity index (χ0) is 16.4. The Kier molecular flexibility index (Phi) is 4.48. The normalized spacial score (nSPS) is 17.6. The number of carbonyl (C=O) groups excluding carboxylic acids is 1. The Labute approximate surface area is 135 Å². The minimum Gasteiger partial charge on any atom is -0.376 e. The van der Waals surface area contributed by atoms with Crippen molar-refractivity contribution in [1.29, 1.82) is 0 Å². The number of ether oxygens (including phenoxy) is 1. The Morgan fingerprint density at radius 2 is 2.22 bits per heavy atom. The Bertz CT molecular complexity index is 789. The molecule has 1 fully saturated rings. The first-order valence-corrected chi connectivity index (χ1v) is 8.03. The summed E-state index contributed by atoms with van der Waals surface area (Å²) < 4.78 is 7.34. The van der Waals surface area contributed by atoms with Crippen molar-refractivity contribution >= 4 is 16.8 Å². The second-order valence-corrected chi connectivity index (χ2v) is 6.22. The van der Waals surface area contributed by atoms with Gasteiger partial charge in [0.15, 0.2) is 5.43 Å². The van der Waals surface area contributed by atoms with Crippen molar-refractivity contribution in [3.63, 3.8) is 0 Å². The fourth-order valence-electron chi connectivity index (χ4n) is 3.20. The Morgan fingerprint density at radius 1 is 1.39 bits per heavy atom. The van der Waals surface area contributed by atoms with Crippen molar-refractivity contribution in [2.75, 3.05) is 13.2 Å². The third kappa shape index (κ3) is 3.45. The van der Waals surface area contributed by atoms with Crippen molar-refractivity contribution in [1.82, 2.24) is 9.88 Å². The average molecular weight is 314 g/mol. The lowest BCUT2D eigenvalue weighted by Crippen LogP contribution is -2.34. The number of aromatic nitrogens is 1. The van der Waals surface area contributed by atoms with E-state index in [9.17, 15) is 9.59 Å². The summed E-state index contributed by atoms with van der Waals surface area (Å²) in [6, 6.07) is 5.47. The minimum absolute atomic E-state index is 0.00601. The molecule has 1 atom stereocenters. The lowest BCUT2D eigenvalue weighted by molar-refractivity contribution is -0.122. The van der Waals surface area contributed by atoms with Gasteiger partial charge in [0, 0.05) is 30.8 Å². The van der Waals surface area contributed by atoms with Gasteiger partial charge < -0.3 is 14.6 Å². The molecular formula is C18H22N2O3. The van der Waals surface area contributed by atoms with Gasteiger partial charge in [-0.1, -0.05) is 6.07 Å². The van der Waals surface area contributed by atoms with Crippen molar-refractivity contribution < 1.29 is 9.53 Å². The summed E-state index contributed by atoms with van der Waals surface area (Å²) in [6.45, 7) is 5.45. The second kappa shape index (κ2) is 6.54. The van der Waals surface area contributed by atoms with Crippen LogP contribution in [0.3, 0.4) is 0 Å². The van der Waals surface area contributed by atoms with E-state index in [4.69, 9.17) is 4.74 Å². The van der Waals surface area contributed by atoms with E-state index in [1.807, 2.05) is 30.5 Å². The highest BCUT2D eigenvalue weighted by molar-refractivity contribution is 5.85. The molecule has 1 unspecified atom stereocenters. The van der Waals surface area contributed by atoms with Crippen LogP contribution in [0.15, 0.2) is 29.2 Å². The first kappa shape index (κ1) is 15.7. The summed E-state index contributed by atoms with van der Waals surface area (Å²) in [5.74, 6) is -0.0652. The van der Waals surface area contributed by atoms with Gasteiger partial charge in [-0.05, 0) is 43.9 Å². The van der Waals surface area contributed by atoms with Crippen LogP contribution in [-0.2, 0) is 16.1 Å². The topological polar surface area (TPSA) is 60.3 Å². The number of nitrogens with zero attached hydrogens (tertiary/aromatic N) is 1.